The van der Waals surface area contributed by atoms with Crippen molar-refractivity contribution in [2.45, 2.75) is 63.2 Å². The number of amides is 1. The Morgan fingerprint density at radius 3 is 2.56 bits per heavy atom. The molecule has 0 spiro atoms. The van der Waals surface area contributed by atoms with E-state index >= 15 is 0 Å². The van der Waals surface area contributed by atoms with Crippen LogP contribution in [-0.2, 0) is 20.4 Å². The van der Waals surface area contributed by atoms with Crippen molar-refractivity contribution in [3.8, 4) is 0 Å². The quantitative estimate of drug-likeness (QED) is 0.776. The SMILES string of the molecule is O=C(CCCS(=O)(=O)Cc1ccccc1)N1CCCC2CCCCC21. The molecular weight excluding hydrogens is 334 g/mol. The van der Waals surface area contributed by atoms with Gasteiger partial charge in [-0.25, -0.2) is 8.42 Å². The Labute approximate surface area is 151 Å². The van der Waals surface area contributed by atoms with Gasteiger partial charge in [0.25, 0.3) is 0 Å². The Bertz CT molecular complexity index is 669. The molecule has 4 nitrogen and oxygen atoms in total. The minimum Gasteiger partial charge on any atom is -0.339 e. The maximum atomic E-state index is 12.6. The lowest BCUT2D eigenvalue weighted by atomic mass is 9.78. The maximum absolute atomic E-state index is 12.6. The second kappa shape index (κ2) is 8.35. The number of nitrogens with zero attached hydrogens (tertiary/aromatic N) is 1. The molecule has 1 saturated carbocycles. The van der Waals surface area contributed by atoms with Crippen LogP contribution < -0.4 is 0 Å². The molecule has 1 amide bonds. The van der Waals surface area contributed by atoms with Gasteiger partial charge >= 0.3 is 0 Å². The van der Waals surface area contributed by atoms with Crippen LogP contribution in [0.2, 0.25) is 0 Å². The first kappa shape index (κ1) is 18.4. The Kier molecular flexibility index (Phi) is 6.15. The number of likely N-dealkylation sites (tertiary alicyclic amines) is 1. The summed E-state index contributed by atoms with van der Waals surface area (Å²) in [4.78, 5) is 14.7. The first-order chi connectivity index (χ1) is 12.1. The summed E-state index contributed by atoms with van der Waals surface area (Å²) in [5.41, 5.74) is 0.815. The van der Waals surface area contributed by atoms with Crippen LogP contribution >= 0.6 is 0 Å². The fourth-order valence-electron chi connectivity index (χ4n) is 4.42. The van der Waals surface area contributed by atoms with E-state index in [9.17, 15) is 13.2 Å². The molecule has 2 unspecified atom stereocenters. The van der Waals surface area contributed by atoms with Crippen molar-refractivity contribution in [2.75, 3.05) is 12.3 Å². The van der Waals surface area contributed by atoms with Gasteiger partial charge in [0, 0.05) is 19.0 Å². The summed E-state index contributed by atoms with van der Waals surface area (Å²) in [7, 11) is -3.16. The fraction of sp³-hybridized carbons (Fsp3) is 0.650. The van der Waals surface area contributed by atoms with Gasteiger partial charge in [-0.15, -0.1) is 0 Å². The molecule has 2 atom stereocenters. The van der Waals surface area contributed by atoms with Crippen LogP contribution in [0.5, 0.6) is 0 Å². The number of hydrogen-bond donors (Lipinski definition) is 0. The van der Waals surface area contributed by atoms with Crippen molar-refractivity contribution in [1.29, 1.82) is 0 Å². The number of rotatable bonds is 6. The molecule has 0 radical (unpaired) electrons. The Balaban J connectivity index is 1.48. The molecular formula is C20H29NO3S. The summed E-state index contributed by atoms with van der Waals surface area (Å²) in [6, 6.07) is 9.66. The van der Waals surface area contributed by atoms with E-state index in [4.69, 9.17) is 0 Å². The van der Waals surface area contributed by atoms with Crippen molar-refractivity contribution in [1.82, 2.24) is 4.90 Å². The lowest BCUT2D eigenvalue weighted by Crippen LogP contribution is -2.49. The van der Waals surface area contributed by atoms with Crippen LogP contribution in [0.4, 0.5) is 0 Å². The molecule has 5 heteroatoms. The summed E-state index contributed by atoms with van der Waals surface area (Å²) in [6.45, 7) is 0.858. The number of carbonyl (C=O) groups excluding carboxylic acids is 1. The first-order valence-electron chi connectivity index (χ1n) is 9.59. The summed E-state index contributed by atoms with van der Waals surface area (Å²) in [5.74, 6) is 0.992. The number of fused-ring (bicyclic) bond motifs is 1. The lowest BCUT2D eigenvalue weighted by Gasteiger charge is -2.44. The Morgan fingerprint density at radius 2 is 1.76 bits per heavy atom. The highest BCUT2D eigenvalue weighted by Crippen LogP contribution is 2.35. The van der Waals surface area contributed by atoms with Crippen molar-refractivity contribution in [3.05, 3.63) is 35.9 Å². The van der Waals surface area contributed by atoms with Crippen molar-refractivity contribution in [2.24, 2.45) is 5.92 Å². The van der Waals surface area contributed by atoms with E-state index in [0.717, 1.165) is 24.9 Å². The smallest absolute Gasteiger partial charge is 0.222 e. The van der Waals surface area contributed by atoms with Crippen LogP contribution in [0, 0.1) is 5.92 Å². The molecule has 1 aliphatic heterocycles. The largest absolute Gasteiger partial charge is 0.339 e. The summed E-state index contributed by atoms with van der Waals surface area (Å²) in [5, 5.41) is 0. The van der Waals surface area contributed by atoms with Gasteiger partial charge in [-0.1, -0.05) is 43.2 Å². The third-order valence-electron chi connectivity index (χ3n) is 5.64. The summed E-state index contributed by atoms with van der Waals surface area (Å²) in [6.07, 6.45) is 8.03. The van der Waals surface area contributed by atoms with E-state index in [0.29, 0.717) is 24.8 Å². The zero-order valence-electron chi connectivity index (χ0n) is 14.9. The van der Waals surface area contributed by atoms with Gasteiger partial charge in [-0.2, -0.15) is 0 Å². The topological polar surface area (TPSA) is 54.5 Å². The standard InChI is InChI=1S/C20H29NO3S/c22-20(21-14-6-11-18-10-4-5-12-19(18)21)13-7-15-25(23,24)16-17-8-2-1-3-9-17/h1-3,8-9,18-19H,4-7,10-16H2. The van der Waals surface area contributed by atoms with Crippen LogP contribution in [0.1, 0.15) is 56.9 Å². The number of carbonyl (C=O) groups is 1. The third-order valence-corrected chi connectivity index (χ3v) is 7.32. The Morgan fingerprint density at radius 1 is 1.04 bits per heavy atom. The van der Waals surface area contributed by atoms with Crippen LogP contribution in [-0.4, -0.2) is 37.6 Å². The molecule has 1 aromatic rings. The summed E-state index contributed by atoms with van der Waals surface area (Å²) >= 11 is 0. The van der Waals surface area contributed by atoms with Crippen molar-refractivity contribution in [3.63, 3.8) is 0 Å². The van der Waals surface area contributed by atoms with Gasteiger partial charge in [0.05, 0.1) is 11.5 Å². The monoisotopic (exact) mass is 363 g/mol. The molecule has 1 saturated heterocycles. The van der Waals surface area contributed by atoms with E-state index in [2.05, 4.69) is 4.90 Å². The normalized spacial score (nSPS) is 23.9. The van der Waals surface area contributed by atoms with E-state index in [1.807, 2.05) is 30.3 Å². The average molecular weight is 364 g/mol. The zero-order valence-corrected chi connectivity index (χ0v) is 15.7. The van der Waals surface area contributed by atoms with Gasteiger partial charge < -0.3 is 4.90 Å². The lowest BCUT2D eigenvalue weighted by molar-refractivity contribution is -0.137. The van der Waals surface area contributed by atoms with E-state index < -0.39 is 9.84 Å². The van der Waals surface area contributed by atoms with E-state index in [1.165, 1.54) is 25.7 Å². The molecule has 2 aliphatic rings. The molecule has 2 fully saturated rings. The van der Waals surface area contributed by atoms with Crippen LogP contribution in [0.15, 0.2) is 30.3 Å². The maximum Gasteiger partial charge on any atom is 0.222 e. The van der Waals surface area contributed by atoms with Crippen molar-refractivity contribution >= 4 is 15.7 Å². The summed E-state index contributed by atoms with van der Waals surface area (Å²) < 4.78 is 24.5. The minimum atomic E-state index is -3.16. The van der Waals surface area contributed by atoms with E-state index in [-0.39, 0.29) is 17.4 Å². The Hall–Kier alpha value is -1.36. The highest BCUT2D eigenvalue weighted by atomic mass is 32.2. The fourth-order valence-corrected chi connectivity index (χ4v) is 5.85. The number of benzene rings is 1. The molecule has 1 aliphatic carbocycles. The molecule has 0 N–H and O–H groups in total. The number of hydrogen-bond acceptors (Lipinski definition) is 3. The van der Waals surface area contributed by atoms with Gasteiger partial charge in [-0.3, -0.25) is 4.79 Å². The molecule has 3 rings (SSSR count). The second-order valence-electron chi connectivity index (χ2n) is 7.52. The second-order valence-corrected chi connectivity index (χ2v) is 9.71. The molecule has 25 heavy (non-hydrogen) atoms. The highest BCUT2D eigenvalue weighted by Gasteiger charge is 2.35. The van der Waals surface area contributed by atoms with Crippen LogP contribution in [0.3, 0.4) is 0 Å². The van der Waals surface area contributed by atoms with Crippen LogP contribution in [0.25, 0.3) is 0 Å². The van der Waals surface area contributed by atoms with Gasteiger partial charge in [0.1, 0.15) is 0 Å². The van der Waals surface area contributed by atoms with Gasteiger partial charge in [0.15, 0.2) is 9.84 Å². The minimum absolute atomic E-state index is 0.0659. The molecule has 138 valence electrons. The molecule has 1 heterocycles. The molecule has 0 bridgehead atoms. The van der Waals surface area contributed by atoms with E-state index in [1.54, 1.807) is 0 Å². The predicted octanol–water partition coefficient (Wildman–Crippen LogP) is 3.56. The van der Waals surface area contributed by atoms with Crippen molar-refractivity contribution < 1.29 is 13.2 Å². The number of sulfone groups is 1. The third kappa shape index (κ3) is 5.06. The number of piperidine rings is 1. The highest BCUT2D eigenvalue weighted by molar-refractivity contribution is 7.90. The average Bonchev–Trinajstić information content (AvgIpc) is 2.61. The first-order valence-corrected chi connectivity index (χ1v) is 11.4. The van der Waals surface area contributed by atoms with Gasteiger partial charge in [-0.05, 0) is 43.6 Å². The molecule has 0 aromatic heterocycles. The predicted molar refractivity (Wildman–Crippen MR) is 99.9 cm³/mol. The zero-order chi connectivity index (χ0) is 17.7. The van der Waals surface area contributed by atoms with Gasteiger partial charge in [0.2, 0.25) is 5.91 Å². The molecule has 1 aromatic carbocycles.